The molecule has 0 N–H and O–H groups in total. The molecular formula is C14H20O3. The van der Waals surface area contributed by atoms with E-state index in [0.717, 1.165) is 17.4 Å². The summed E-state index contributed by atoms with van der Waals surface area (Å²) in [7, 11) is 0. The van der Waals surface area contributed by atoms with E-state index in [1.807, 2.05) is 26.0 Å². The van der Waals surface area contributed by atoms with Gasteiger partial charge in [-0.2, -0.15) is 0 Å². The molecule has 3 nitrogen and oxygen atoms in total. The molecule has 1 aliphatic carbocycles. The average Bonchev–Trinajstić information content (AvgIpc) is 2.78. The van der Waals surface area contributed by atoms with Crippen LogP contribution in [0.3, 0.4) is 0 Å². The highest BCUT2D eigenvalue weighted by Gasteiger charge is 2.36. The lowest BCUT2D eigenvalue weighted by atomic mass is 10.2. The maximum Gasteiger partial charge on any atom is 0.306 e. The van der Waals surface area contributed by atoms with Crippen LogP contribution in [0.5, 0.6) is 0 Å². The zero-order valence-corrected chi connectivity index (χ0v) is 10.7. The van der Waals surface area contributed by atoms with Gasteiger partial charge in [0.1, 0.15) is 11.5 Å². The van der Waals surface area contributed by atoms with Crippen molar-refractivity contribution >= 4 is 5.97 Å². The summed E-state index contributed by atoms with van der Waals surface area (Å²) >= 11 is 0. The van der Waals surface area contributed by atoms with Crippen molar-refractivity contribution in [1.29, 1.82) is 0 Å². The quantitative estimate of drug-likeness (QED) is 0.736. The van der Waals surface area contributed by atoms with Gasteiger partial charge in [-0.05, 0) is 38.3 Å². The number of furan rings is 1. The van der Waals surface area contributed by atoms with Crippen molar-refractivity contribution in [3.05, 3.63) is 23.7 Å². The molecule has 1 aromatic rings. The molecule has 1 aromatic heterocycles. The van der Waals surface area contributed by atoms with E-state index in [9.17, 15) is 4.79 Å². The Morgan fingerprint density at radius 3 is 2.82 bits per heavy atom. The third-order valence-corrected chi connectivity index (χ3v) is 3.10. The summed E-state index contributed by atoms with van der Waals surface area (Å²) < 4.78 is 10.8. The Hall–Kier alpha value is -1.25. The van der Waals surface area contributed by atoms with Gasteiger partial charge >= 0.3 is 5.97 Å². The lowest BCUT2D eigenvalue weighted by Gasteiger charge is -2.06. The Bertz CT molecular complexity index is 392. The van der Waals surface area contributed by atoms with Crippen molar-refractivity contribution in [2.24, 2.45) is 5.92 Å². The SMILES string of the molecule is CC(C)OC(=O)CCc1ccc(C2CC2C)o1. The summed E-state index contributed by atoms with van der Waals surface area (Å²) in [6, 6.07) is 4.01. The summed E-state index contributed by atoms with van der Waals surface area (Å²) in [4.78, 5) is 11.4. The van der Waals surface area contributed by atoms with E-state index in [0.29, 0.717) is 18.8 Å². The van der Waals surface area contributed by atoms with Crippen LogP contribution < -0.4 is 0 Å². The summed E-state index contributed by atoms with van der Waals surface area (Å²) in [5.74, 6) is 3.16. The molecule has 1 heterocycles. The topological polar surface area (TPSA) is 39.4 Å². The Morgan fingerprint density at radius 1 is 1.53 bits per heavy atom. The van der Waals surface area contributed by atoms with Crippen LogP contribution in [-0.4, -0.2) is 12.1 Å². The number of carbonyl (C=O) groups excluding carboxylic acids is 1. The molecule has 0 aliphatic heterocycles. The standard InChI is InChI=1S/C14H20O3/c1-9(2)16-14(15)7-5-11-4-6-13(17-11)12-8-10(12)3/h4,6,9-10,12H,5,7-8H2,1-3H3. The van der Waals surface area contributed by atoms with Gasteiger partial charge in [0.25, 0.3) is 0 Å². The number of hydrogen-bond donors (Lipinski definition) is 0. The van der Waals surface area contributed by atoms with Gasteiger partial charge in [-0.1, -0.05) is 6.92 Å². The first-order valence-corrected chi connectivity index (χ1v) is 6.34. The number of aryl methyl sites for hydroxylation is 1. The van der Waals surface area contributed by atoms with E-state index in [2.05, 4.69) is 6.92 Å². The zero-order chi connectivity index (χ0) is 12.4. The first-order chi connectivity index (χ1) is 8.06. The molecule has 2 atom stereocenters. The first-order valence-electron chi connectivity index (χ1n) is 6.34. The number of hydrogen-bond acceptors (Lipinski definition) is 3. The lowest BCUT2D eigenvalue weighted by Crippen LogP contribution is -2.11. The smallest absolute Gasteiger partial charge is 0.306 e. The van der Waals surface area contributed by atoms with Gasteiger partial charge in [-0.3, -0.25) is 4.79 Å². The Balaban J connectivity index is 1.79. The van der Waals surface area contributed by atoms with Crippen molar-refractivity contribution < 1.29 is 13.9 Å². The Labute approximate surface area is 102 Å². The molecular weight excluding hydrogens is 216 g/mol. The van der Waals surface area contributed by atoms with Crippen LogP contribution in [-0.2, 0) is 16.0 Å². The number of carbonyl (C=O) groups is 1. The Morgan fingerprint density at radius 2 is 2.24 bits per heavy atom. The predicted octanol–water partition coefficient (Wildman–Crippen LogP) is 3.29. The van der Waals surface area contributed by atoms with Crippen molar-refractivity contribution in [2.45, 2.75) is 52.1 Å². The first kappa shape index (κ1) is 12.2. The van der Waals surface area contributed by atoms with Gasteiger partial charge in [0.2, 0.25) is 0 Å². The van der Waals surface area contributed by atoms with Crippen molar-refractivity contribution in [2.75, 3.05) is 0 Å². The molecule has 0 saturated heterocycles. The molecule has 0 amide bonds. The average molecular weight is 236 g/mol. The molecule has 94 valence electrons. The van der Waals surface area contributed by atoms with Crippen LogP contribution in [0, 0.1) is 5.92 Å². The Kier molecular flexibility index (Phi) is 3.55. The largest absolute Gasteiger partial charge is 0.466 e. The lowest BCUT2D eigenvalue weighted by molar-refractivity contribution is -0.147. The van der Waals surface area contributed by atoms with E-state index >= 15 is 0 Å². The molecule has 1 saturated carbocycles. The molecule has 0 aromatic carbocycles. The highest BCUT2D eigenvalue weighted by Crippen LogP contribution is 2.47. The highest BCUT2D eigenvalue weighted by molar-refractivity contribution is 5.69. The second-order valence-electron chi connectivity index (χ2n) is 5.16. The van der Waals surface area contributed by atoms with Crippen LogP contribution >= 0.6 is 0 Å². The van der Waals surface area contributed by atoms with Gasteiger partial charge in [-0.15, -0.1) is 0 Å². The molecule has 2 rings (SSSR count). The van der Waals surface area contributed by atoms with Crippen LogP contribution in [0.1, 0.15) is 51.1 Å². The fraction of sp³-hybridized carbons (Fsp3) is 0.643. The predicted molar refractivity (Wildman–Crippen MR) is 64.8 cm³/mol. The minimum Gasteiger partial charge on any atom is -0.466 e. The summed E-state index contributed by atoms with van der Waals surface area (Å²) in [5.41, 5.74) is 0. The van der Waals surface area contributed by atoms with E-state index in [4.69, 9.17) is 9.15 Å². The molecule has 0 radical (unpaired) electrons. The number of rotatable bonds is 5. The third kappa shape index (κ3) is 3.35. The minimum atomic E-state index is -0.155. The second kappa shape index (κ2) is 4.94. The minimum absolute atomic E-state index is 0.0398. The normalized spacial score (nSPS) is 22.8. The van der Waals surface area contributed by atoms with Gasteiger partial charge in [-0.25, -0.2) is 0 Å². The van der Waals surface area contributed by atoms with Crippen LogP contribution in [0.25, 0.3) is 0 Å². The second-order valence-corrected chi connectivity index (χ2v) is 5.16. The van der Waals surface area contributed by atoms with Gasteiger partial charge < -0.3 is 9.15 Å². The maximum absolute atomic E-state index is 11.4. The molecule has 1 fully saturated rings. The third-order valence-electron chi connectivity index (χ3n) is 3.10. The van der Waals surface area contributed by atoms with E-state index in [1.54, 1.807) is 0 Å². The fourth-order valence-electron chi connectivity index (χ4n) is 1.99. The van der Waals surface area contributed by atoms with Crippen molar-refractivity contribution in [1.82, 2.24) is 0 Å². The summed E-state index contributed by atoms with van der Waals surface area (Å²) in [6.07, 6.45) is 2.21. The van der Waals surface area contributed by atoms with Crippen LogP contribution in [0.2, 0.25) is 0 Å². The van der Waals surface area contributed by atoms with E-state index in [1.165, 1.54) is 6.42 Å². The molecule has 3 heteroatoms. The summed E-state index contributed by atoms with van der Waals surface area (Å²) in [5, 5.41) is 0. The molecule has 1 aliphatic rings. The monoisotopic (exact) mass is 236 g/mol. The van der Waals surface area contributed by atoms with Gasteiger partial charge in [0.05, 0.1) is 12.5 Å². The van der Waals surface area contributed by atoms with Crippen molar-refractivity contribution in [3.63, 3.8) is 0 Å². The van der Waals surface area contributed by atoms with Gasteiger partial charge in [0.15, 0.2) is 0 Å². The van der Waals surface area contributed by atoms with Gasteiger partial charge in [0, 0.05) is 12.3 Å². The summed E-state index contributed by atoms with van der Waals surface area (Å²) in [6.45, 7) is 5.95. The van der Waals surface area contributed by atoms with Crippen LogP contribution in [0.4, 0.5) is 0 Å². The number of esters is 1. The molecule has 17 heavy (non-hydrogen) atoms. The maximum atomic E-state index is 11.4. The fourth-order valence-corrected chi connectivity index (χ4v) is 1.99. The van der Waals surface area contributed by atoms with Crippen LogP contribution in [0.15, 0.2) is 16.5 Å². The molecule has 0 spiro atoms. The zero-order valence-electron chi connectivity index (χ0n) is 10.7. The molecule has 2 unspecified atom stereocenters. The molecule has 0 bridgehead atoms. The van der Waals surface area contributed by atoms with E-state index < -0.39 is 0 Å². The number of ether oxygens (including phenoxy) is 1. The van der Waals surface area contributed by atoms with Crippen molar-refractivity contribution in [3.8, 4) is 0 Å². The van der Waals surface area contributed by atoms with E-state index in [-0.39, 0.29) is 12.1 Å². The highest BCUT2D eigenvalue weighted by atomic mass is 16.5.